The lowest BCUT2D eigenvalue weighted by Crippen LogP contribution is -2.33. The van der Waals surface area contributed by atoms with Crippen molar-refractivity contribution < 1.29 is 0 Å². The van der Waals surface area contributed by atoms with E-state index in [1.807, 2.05) is 13.1 Å². The molecule has 0 bridgehead atoms. The van der Waals surface area contributed by atoms with E-state index in [1.165, 1.54) is 30.5 Å². The van der Waals surface area contributed by atoms with Crippen molar-refractivity contribution in [3.05, 3.63) is 34.6 Å². The molecule has 0 amide bonds. The molecule has 1 aromatic heterocycles. The molecule has 2 heterocycles. The molecule has 3 rings (SSSR count). The maximum Gasteiger partial charge on any atom is 0.131 e. The fourth-order valence-electron chi connectivity index (χ4n) is 2.94. The number of piperidine rings is 1. The molecule has 2 atom stereocenters. The first-order valence-corrected chi connectivity index (χ1v) is 6.66. The van der Waals surface area contributed by atoms with Crippen molar-refractivity contribution in [2.75, 3.05) is 13.1 Å². The van der Waals surface area contributed by atoms with Crippen LogP contribution in [0.3, 0.4) is 0 Å². The van der Waals surface area contributed by atoms with Gasteiger partial charge in [0.05, 0.1) is 0 Å². The van der Waals surface area contributed by atoms with Crippen molar-refractivity contribution in [2.24, 2.45) is 11.8 Å². The zero-order valence-corrected chi connectivity index (χ0v) is 10.8. The third-order valence-electron chi connectivity index (χ3n) is 3.96. The number of aryl methyl sites for hydroxylation is 1. The van der Waals surface area contributed by atoms with E-state index in [0.29, 0.717) is 5.15 Å². The van der Waals surface area contributed by atoms with Gasteiger partial charge in [-0.25, -0.2) is 4.98 Å². The summed E-state index contributed by atoms with van der Waals surface area (Å²) >= 11 is 5.97. The second kappa shape index (κ2) is 4.43. The Morgan fingerprint density at radius 2 is 2.35 bits per heavy atom. The second-order valence-electron chi connectivity index (χ2n) is 5.14. The van der Waals surface area contributed by atoms with E-state index < -0.39 is 0 Å². The van der Waals surface area contributed by atoms with Gasteiger partial charge in [-0.15, -0.1) is 0 Å². The molecule has 17 heavy (non-hydrogen) atoms. The molecule has 90 valence electrons. The topological polar surface area (TPSA) is 24.9 Å². The summed E-state index contributed by atoms with van der Waals surface area (Å²) in [7, 11) is 0. The van der Waals surface area contributed by atoms with E-state index in [4.69, 9.17) is 11.6 Å². The fourth-order valence-corrected chi connectivity index (χ4v) is 3.05. The van der Waals surface area contributed by atoms with Gasteiger partial charge in [-0.3, -0.25) is 0 Å². The molecule has 2 aliphatic rings. The van der Waals surface area contributed by atoms with E-state index in [1.54, 1.807) is 0 Å². The number of pyridine rings is 1. The molecule has 1 aromatic rings. The molecule has 1 fully saturated rings. The maximum atomic E-state index is 5.97. The zero-order valence-electron chi connectivity index (χ0n) is 10.0. The number of allylic oxidation sites excluding steroid dienone is 1. The lowest BCUT2D eigenvalue weighted by atomic mass is 9.89. The highest BCUT2D eigenvalue weighted by Gasteiger charge is 2.30. The van der Waals surface area contributed by atoms with Crippen molar-refractivity contribution in [2.45, 2.75) is 19.8 Å². The van der Waals surface area contributed by atoms with Crippen LogP contribution in [0.2, 0.25) is 5.15 Å². The van der Waals surface area contributed by atoms with Crippen LogP contribution < -0.4 is 5.32 Å². The molecule has 3 heteroatoms. The highest BCUT2D eigenvalue weighted by molar-refractivity contribution is 6.30. The number of nitrogens with zero attached hydrogens (tertiary/aromatic N) is 1. The molecule has 1 aliphatic heterocycles. The van der Waals surface area contributed by atoms with E-state index in [2.05, 4.69) is 22.4 Å². The fraction of sp³-hybridized carbons (Fsp3) is 0.500. The Morgan fingerprint density at radius 3 is 3.12 bits per heavy atom. The van der Waals surface area contributed by atoms with Crippen LogP contribution in [0.1, 0.15) is 24.0 Å². The summed E-state index contributed by atoms with van der Waals surface area (Å²) in [6, 6.07) is 2.16. The summed E-state index contributed by atoms with van der Waals surface area (Å²) in [6.07, 6.45) is 6.84. The van der Waals surface area contributed by atoms with Crippen molar-refractivity contribution >= 4 is 17.2 Å². The summed E-state index contributed by atoms with van der Waals surface area (Å²) in [5.41, 5.74) is 3.77. The van der Waals surface area contributed by atoms with Gasteiger partial charge in [0.25, 0.3) is 0 Å². The van der Waals surface area contributed by atoms with Crippen LogP contribution >= 0.6 is 11.6 Å². The van der Waals surface area contributed by atoms with Crippen LogP contribution in [-0.4, -0.2) is 18.1 Å². The minimum absolute atomic E-state index is 0.617. The van der Waals surface area contributed by atoms with E-state index in [0.717, 1.165) is 23.9 Å². The predicted molar refractivity (Wildman–Crippen MR) is 71.0 cm³/mol. The summed E-state index contributed by atoms with van der Waals surface area (Å²) in [4.78, 5) is 4.25. The van der Waals surface area contributed by atoms with Gasteiger partial charge >= 0.3 is 0 Å². The Hall–Kier alpha value is -0.860. The Labute approximate surface area is 107 Å². The minimum atomic E-state index is 0.617. The molecule has 0 spiro atoms. The molecule has 0 saturated carbocycles. The molecule has 2 nitrogen and oxygen atoms in total. The number of aromatic nitrogens is 1. The average molecular weight is 249 g/mol. The highest BCUT2D eigenvalue weighted by Crippen LogP contribution is 2.39. The van der Waals surface area contributed by atoms with Gasteiger partial charge in [0.15, 0.2) is 0 Å². The van der Waals surface area contributed by atoms with Crippen LogP contribution in [-0.2, 0) is 0 Å². The summed E-state index contributed by atoms with van der Waals surface area (Å²) in [6.45, 7) is 4.32. The van der Waals surface area contributed by atoms with Gasteiger partial charge in [-0.05, 0) is 60.9 Å². The van der Waals surface area contributed by atoms with Gasteiger partial charge in [0, 0.05) is 12.7 Å². The number of hydrogen-bond acceptors (Lipinski definition) is 2. The molecule has 1 saturated heterocycles. The lowest BCUT2D eigenvalue weighted by Gasteiger charge is -2.25. The number of halogens is 1. The van der Waals surface area contributed by atoms with E-state index in [9.17, 15) is 0 Å². The number of hydrogen-bond donors (Lipinski definition) is 1. The third kappa shape index (κ3) is 2.12. The quantitative estimate of drug-likeness (QED) is 0.773. The lowest BCUT2D eigenvalue weighted by molar-refractivity contribution is 0.323. The van der Waals surface area contributed by atoms with Crippen LogP contribution in [0.15, 0.2) is 18.3 Å². The normalized spacial score (nSPS) is 27.8. The summed E-state index contributed by atoms with van der Waals surface area (Å²) < 4.78 is 0. The highest BCUT2D eigenvalue weighted by atomic mass is 35.5. The average Bonchev–Trinajstić information content (AvgIpc) is 2.76. The largest absolute Gasteiger partial charge is 0.316 e. The van der Waals surface area contributed by atoms with E-state index >= 15 is 0 Å². The number of fused-ring (bicyclic) bond motifs is 1. The third-order valence-corrected chi connectivity index (χ3v) is 4.36. The molecular weight excluding hydrogens is 232 g/mol. The molecular formula is C14H17ClN2. The minimum Gasteiger partial charge on any atom is -0.316 e. The molecule has 0 radical (unpaired) electrons. The standard InChI is InChI=1S/C14H17ClN2/c1-9-4-12(8-17-14(9)15)11-5-10-2-3-16-7-13(10)6-11/h4,6,8,10,13,16H,2-3,5,7H2,1H3/t10-,13-/m1/s1. The first-order chi connectivity index (χ1) is 8.24. The van der Waals surface area contributed by atoms with Crippen molar-refractivity contribution in [3.8, 4) is 0 Å². The zero-order chi connectivity index (χ0) is 11.8. The smallest absolute Gasteiger partial charge is 0.131 e. The Bertz CT molecular complexity index is 467. The van der Waals surface area contributed by atoms with Crippen LogP contribution in [0.5, 0.6) is 0 Å². The Balaban J connectivity index is 1.87. The van der Waals surface area contributed by atoms with Crippen molar-refractivity contribution in [1.82, 2.24) is 10.3 Å². The van der Waals surface area contributed by atoms with Gasteiger partial charge in [-0.1, -0.05) is 17.7 Å². The summed E-state index contributed by atoms with van der Waals surface area (Å²) in [5, 5.41) is 4.08. The molecule has 0 unspecified atom stereocenters. The van der Waals surface area contributed by atoms with Gasteiger partial charge in [0.2, 0.25) is 0 Å². The monoisotopic (exact) mass is 248 g/mol. The van der Waals surface area contributed by atoms with E-state index in [-0.39, 0.29) is 0 Å². The first-order valence-electron chi connectivity index (χ1n) is 6.28. The molecule has 0 aromatic carbocycles. The van der Waals surface area contributed by atoms with Crippen LogP contribution in [0.4, 0.5) is 0 Å². The maximum absolute atomic E-state index is 5.97. The molecule has 1 aliphatic carbocycles. The van der Waals surface area contributed by atoms with Crippen LogP contribution in [0, 0.1) is 18.8 Å². The van der Waals surface area contributed by atoms with Crippen LogP contribution in [0.25, 0.3) is 5.57 Å². The Morgan fingerprint density at radius 1 is 1.47 bits per heavy atom. The van der Waals surface area contributed by atoms with Gasteiger partial charge in [-0.2, -0.15) is 0 Å². The SMILES string of the molecule is Cc1cc(C2=C[C@@H]3CNCC[C@@H]3C2)cnc1Cl. The number of nitrogens with one attached hydrogen (secondary N) is 1. The summed E-state index contributed by atoms with van der Waals surface area (Å²) in [5.74, 6) is 1.55. The van der Waals surface area contributed by atoms with Gasteiger partial charge in [0.1, 0.15) is 5.15 Å². The number of rotatable bonds is 1. The second-order valence-corrected chi connectivity index (χ2v) is 5.50. The molecule has 1 N–H and O–H groups in total. The van der Waals surface area contributed by atoms with Gasteiger partial charge < -0.3 is 5.32 Å². The Kier molecular flexibility index (Phi) is 2.93. The van der Waals surface area contributed by atoms with Crippen molar-refractivity contribution in [1.29, 1.82) is 0 Å². The first kappa shape index (κ1) is 11.2. The predicted octanol–water partition coefficient (Wildman–Crippen LogP) is 3.06. The van der Waals surface area contributed by atoms with Crippen molar-refractivity contribution in [3.63, 3.8) is 0 Å².